The van der Waals surface area contributed by atoms with E-state index in [9.17, 15) is 4.79 Å². The first kappa shape index (κ1) is 16.9. The van der Waals surface area contributed by atoms with Crippen LogP contribution in [0.3, 0.4) is 0 Å². The summed E-state index contributed by atoms with van der Waals surface area (Å²) in [6.07, 6.45) is 5.32. The first-order valence-electron chi connectivity index (χ1n) is 6.86. The van der Waals surface area contributed by atoms with Crippen molar-refractivity contribution >= 4 is 5.91 Å². The van der Waals surface area contributed by atoms with Gasteiger partial charge in [-0.25, -0.2) is 0 Å². The molecule has 0 aliphatic rings. The van der Waals surface area contributed by atoms with E-state index in [0.717, 1.165) is 6.54 Å². The van der Waals surface area contributed by atoms with Gasteiger partial charge in [0, 0.05) is 13.1 Å². The molecule has 0 bridgehead atoms. The Morgan fingerprint density at radius 3 is 2.67 bits per heavy atom. The molecule has 2 N–H and O–H groups in total. The van der Waals surface area contributed by atoms with Crippen LogP contribution in [0.4, 0.5) is 0 Å². The molecule has 0 aliphatic heterocycles. The predicted octanol–water partition coefficient (Wildman–Crippen LogP) is 2.21. The molecule has 0 radical (unpaired) electrons. The number of nitrogens with zero attached hydrogens (tertiary/aromatic N) is 1. The second-order valence-corrected chi connectivity index (χ2v) is 5.48. The fourth-order valence-corrected chi connectivity index (χ4v) is 1.78. The first-order valence-corrected chi connectivity index (χ1v) is 6.86. The monoisotopic (exact) mass is 253 g/mol. The Bertz CT molecular complexity index is 269. The van der Waals surface area contributed by atoms with E-state index in [1.54, 1.807) is 0 Å². The summed E-state index contributed by atoms with van der Waals surface area (Å²) < 4.78 is 0. The summed E-state index contributed by atoms with van der Waals surface area (Å²) >= 11 is 0. The summed E-state index contributed by atoms with van der Waals surface area (Å²) in [5.74, 6) is -0.0328. The Hall–Kier alpha value is -1.08. The fourth-order valence-electron chi connectivity index (χ4n) is 1.78. The van der Waals surface area contributed by atoms with Crippen molar-refractivity contribution in [2.24, 2.45) is 5.41 Å². The summed E-state index contributed by atoms with van der Waals surface area (Å²) in [5.41, 5.74) is 0.238. The molecule has 0 aromatic carbocycles. The van der Waals surface area contributed by atoms with Crippen LogP contribution >= 0.6 is 0 Å². The van der Waals surface area contributed by atoms with Crippen LogP contribution in [-0.4, -0.2) is 25.5 Å². The zero-order chi connectivity index (χ0) is 13.9. The Kier molecular flexibility index (Phi) is 9.31. The highest BCUT2D eigenvalue weighted by atomic mass is 16.1. The lowest BCUT2D eigenvalue weighted by molar-refractivity contribution is -0.120. The van der Waals surface area contributed by atoms with Gasteiger partial charge in [-0.05, 0) is 11.8 Å². The molecule has 0 saturated heterocycles. The normalized spacial score (nSPS) is 11.0. The van der Waals surface area contributed by atoms with E-state index in [2.05, 4.69) is 31.4 Å². The van der Waals surface area contributed by atoms with Crippen LogP contribution in [0.1, 0.15) is 52.9 Å². The Morgan fingerprint density at radius 2 is 2.06 bits per heavy atom. The van der Waals surface area contributed by atoms with Crippen LogP contribution < -0.4 is 10.6 Å². The molecule has 104 valence electrons. The molecule has 18 heavy (non-hydrogen) atoms. The summed E-state index contributed by atoms with van der Waals surface area (Å²) in [4.78, 5) is 11.4. The van der Waals surface area contributed by atoms with E-state index in [4.69, 9.17) is 5.26 Å². The number of unbranched alkanes of at least 4 members (excludes halogenated alkanes) is 2. The molecule has 4 nitrogen and oxygen atoms in total. The van der Waals surface area contributed by atoms with Gasteiger partial charge in [-0.1, -0.05) is 40.0 Å². The number of carbonyl (C=O) groups excluding carboxylic acids is 1. The third kappa shape index (κ3) is 10.1. The van der Waals surface area contributed by atoms with Crippen LogP contribution in [0.2, 0.25) is 0 Å². The lowest BCUT2D eigenvalue weighted by atomic mass is 9.87. The zero-order valence-electron chi connectivity index (χ0n) is 12.0. The minimum absolute atomic E-state index is 0.0328. The lowest BCUT2D eigenvalue weighted by Gasteiger charge is -2.24. The van der Waals surface area contributed by atoms with E-state index >= 15 is 0 Å². The molecule has 1 amide bonds. The van der Waals surface area contributed by atoms with Crippen LogP contribution in [0, 0.1) is 16.7 Å². The van der Waals surface area contributed by atoms with Gasteiger partial charge in [-0.3, -0.25) is 4.79 Å². The molecule has 0 aromatic heterocycles. The highest BCUT2D eigenvalue weighted by Gasteiger charge is 2.16. The fraction of sp³-hybridized carbons (Fsp3) is 0.857. The lowest BCUT2D eigenvalue weighted by Crippen LogP contribution is -2.38. The molecule has 0 aliphatic carbocycles. The molecule has 0 spiro atoms. The molecule has 0 heterocycles. The van der Waals surface area contributed by atoms with E-state index in [1.165, 1.54) is 25.7 Å². The second kappa shape index (κ2) is 9.90. The summed E-state index contributed by atoms with van der Waals surface area (Å²) in [6.45, 7) is 8.28. The van der Waals surface area contributed by atoms with E-state index in [1.807, 2.05) is 6.07 Å². The molecule has 4 heteroatoms. The second-order valence-electron chi connectivity index (χ2n) is 5.48. The minimum atomic E-state index is -0.0328. The van der Waals surface area contributed by atoms with Gasteiger partial charge in [0.05, 0.1) is 19.0 Å². The highest BCUT2D eigenvalue weighted by Crippen LogP contribution is 2.22. The van der Waals surface area contributed by atoms with Gasteiger partial charge in [0.25, 0.3) is 0 Å². The Balaban J connectivity index is 3.62. The molecule has 0 fully saturated rings. The topological polar surface area (TPSA) is 64.9 Å². The van der Waals surface area contributed by atoms with Gasteiger partial charge in [-0.2, -0.15) is 5.26 Å². The van der Waals surface area contributed by atoms with Crippen molar-refractivity contribution in [3.05, 3.63) is 0 Å². The van der Waals surface area contributed by atoms with Crippen molar-refractivity contribution in [2.75, 3.05) is 19.6 Å². The SMILES string of the molecule is CCCCCC(C)(C)CNCC(=O)NCCC#N. The summed E-state index contributed by atoms with van der Waals surface area (Å²) in [6, 6.07) is 2.00. The Morgan fingerprint density at radius 1 is 1.33 bits per heavy atom. The van der Waals surface area contributed by atoms with Gasteiger partial charge in [0.2, 0.25) is 5.91 Å². The molecule has 0 atom stereocenters. The van der Waals surface area contributed by atoms with Crippen molar-refractivity contribution in [2.45, 2.75) is 52.9 Å². The number of amides is 1. The van der Waals surface area contributed by atoms with Crippen molar-refractivity contribution in [1.82, 2.24) is 10.6 Å². The third-order valence-corrected chi connectivity index (χ3v) is 2.91. The number of carbonyl (C=O) groups is 1. The van der Waals surface area contributed by atoms with Gasteiger partial charge in [0.15, 0.2) is 0 Å². The maximum atomic E-state index is 11.4. The van der Waals surface area contributed by atoms with Crippen molar-refractivity contribution < 1.29 is 4.79 Å². The van der Waals surface area contributed by atoms with Gasteiger partial charge in [-0.15, -0.1) is 0 Å². The number of nitrogens with one attached hydrogen (secondary N) is 2. The minimum Gasteiger partial charge on any atom is -0.354 e. The quantitative estimate of drug-likeness (QED) is 0.587. The van der Waals surface area contributed by atoms with Gasteiger partial charge in [0.1, 0.15) is 0 Å². The smallest absolute Gasteiger partial charge is 0.233 e. The number of rotatable bonds is 10. The third-order valence-electron chi connectivity index (χ3n) is 2.91. The number of hydrogen-bond acceptors (Lipinski definition) is 3. The first-order chi connectivity index (χ1) is 8.52. The van der Waals surface area contributed by atoms with Crippen LogP contribution in [0.25, 0.3) is 0 Å². The van der Waals surface area contributed by atoms with Crippen molar-refractivity contribution in [3.63, 3.8) is 0 Å². The van der Waals surface area contributed by atoms with Crippen molar-refractivity contribution in [3.8, 4) is 6.07 Å². The van der Waals surface area contributed by atoms with Crippen LogP contribution in [0.15, 0.2) is 0 Å². The van der Waals surface area contributed by atoms with Crippen LogP contribution in [-0.2, 0) is 4.79 Å². The molecule has 0 rings (SSSR count). The summed E-state index contributed by atoms with van der Waals surface area (Å²) in [5, 5.41) is 14.2. The molecule has 0 unspecified atom stereocenters. The molecular weight excluding hydrogens is 226 g/mol. The molecular formula is C14H27N3O. The zero-order valence-corrected chi connectivity index (χ0v) is 12.0. The van der Waals surface area contributed by atoms with E-state index < -0.39 is 0 Å². The van der Waals surface area contributed by atoms with Crippen molar-refractivity contribution in [1.29, 1.82) is 5.26 Å². The maximum Gasteiger partial charge on any atom is 0.233 e. The van der Waals surface area contributed by atoms with E-state index in [-0.39, 0.29) is 11.3 Å². The summed E-state index contributed by atoms with van der Waals surface area (Å²) in [7, 11) is 0. The molecule has 0 aromatic rings. The van der Waals surface area contributed by atoms with Crippen LogP contribution in [0.5, 0.6) is 0 Å². The Labute approximate surface area is 111 Å². The van der Waals surface area contributed by atoms with Gasteiger partial charge < -0.3 is 10.6 Å². The number of hydrogen-bond donors (Lipinski definition) is 2. The maximum absolute atomic E-state index is 11.4. The predicted molar refractivity (Wildman–Crippen MR) is 74.0 cm³/mol. The van der Waals surface area contributed by atoms with E-state index in [0.29, 0.717) is 19.5 Å². The average Bonchev–Trinajstić information content (AvgIpc) is 2.29. The standard InChI is InChI=1S/C14H27N3O/c1-4-5-6-8-14(2,3)12-16-11-13(18)17-10-7-9-15/h16H,4-8,10-12H2,1-3H3,(H,17,18). The van der Waals surface area contributed by atoms with Gasteiger partial charge >= 0.3 is 0 Å². The highest BCUT2D eigenvalue weighted by molar-refractivity contribution is 5.77. The largest absolute Gasteiger partial charge is 0.354 e. The number of nitriles is 1. The molecule has 0 saturated carbocycles. The average molecular weight is 253 g/mol.